The number of anilines is 1. The van der Waals surface area contributed by atoms with Gasteiger partial charge >= 0.3 is 0 Å². The highest BCUT2D eigenvalue weighted by Gasteiger charge is 2.33. The second-order valence-electron chi connectivity index (χ2n) is 5.93. The van der Waals surface area contributed by atoms with Crippen molar-refractivity contribution >= 4 is 17.3 Å². The molecule has 0 heterocycles. The Kier molecular flexibility index (Phi) is 4.46. The molecule has 1 atom stereocenters. The van der Waals surface area contributed by atoms with E-state index in [1.54, 1.807) is 43.3 Å². The highest BCUT2D eigenvalue weighted by Crippen LogP contribution is 2.34. The Morgan fingerprint density at radius 2 is 1.62 bits per heavy atom. The molecule has 0 amide bonds. The third-order valence-electron chi connectivity index (χ3n) is 4.10. The molecule has 0 radical (unpaired) electrons. The van der Waals surface area contributed by atoms with Crippen LogP contribution in [0, 0.1) is 0 Å². The van der Waals surface area contributed by atoms with Gasteiger partial charge in [0.1, 0.15) is 0 Å². The molecule has 3 rings (SSSR count). The molecule has 1 unspecified atom stereocenters. The molecule has 0 aliphatic heterocycles. The van der Waals surface area contributed by atoms with Crippen LogP contribution in [0.1, 0.15) is 44.3 Å². The van der Waals surface area contributed by atoms with Gasteiger partial charge in [-0.15, -0.1) is 0 Å². The van der Waals surface area contributed by atoms with Crippen molar-refractivity contribution in [3.63, 3.8) is 0 Å². The Bertz CT molecular complexity index is 811. The molecule has 5 nitrogen and oxygen atoms in total. The van der Waals surface area contributed by atoms with Crippen LogP contribution < -0.4 is 5.32 Å². The molecule has 0 bridgehead atoms. The van der Waals surface area contributed by atoms with E-state index in [1.165, 1.54) is 0 Å². The summed E-state index contributed by atoms with van der Waals surface area (Å²) in [5.41, 5.74) is 2.63. The Morgan fingerprint density at radius 3 is 2.21 bits per heavy atom. The minimum Gasteiger partial charge on any atom is -0.395 e. The zero-order valence-electron chi connectivity index (χ0n) is 13.4. The fourth-order valence-electron chi connectivity index (χ4n) is 3.12. The lowest BCUT2D eigenvalue weighted by atomic mass is 9.80. The summed E-state index contributed by atoms with van der Waals surface area (Å²) in [6.45, 7) is 1.85. The van der Waals surface area contributed by atoms with Crippen molar-refractivity contribution in [2.45, 2.75) is 19.4 Å². The summed E-state index contributed by atoms with van der Waals surface area (Å²) in [7, 11) is 0. The first-order valence-electron chi connectivity index (χ1n) is 7.91. The molecule has 1 aliphatic rings. The summed E-state index contributed by atoms with van der Waals surface area (Å²) in [5.74, 6) is -0.420. The number of rotatable bonds is 5. The first kappa shape index (κ1) is 16.4. The van der Waals surface area contributed by atoms with Crippen molar-refractivity contribution in [2.75, 3.05) is 18.5 Å². The molecule has 0 spiro atoms. The quantitative estimate of drug-likeness (QED) is 0.666. The summed E-state index contributed by atoms with van der Waals surface area (Å²) in [6.07, 6.45) is -0.325. The lowest BCUT2D eigenvalue weighted by molar-refractivity contribution is 0.0978. The SMILES string of the molecule is CC(O)Cc1ccc(NCCO)c2c1C(=O)c1ccccc1C2=O. The molecule has 0 aromatic heterocycles. The van der Waals surface area contributed by atoms with E-state index in [4.69, 9.17) is 5.11 Å². The predicted octanol–water partition coefficient (Wildman–Crippen LogP) is 1.79. The van der Waals surface area contributed by atoms with E-state index in [0.717, 1.165) is 0 Å². The van der Waals surface area contributed by atoms with Gasteiger partial charge in [-0.05, 0) is 25.0 Å². The van der Waals surface area contributed by atoms with E-state index in [1.807, 2.05) is 0 Å². The second-order valence-corrected chi connectivity index (χ2v) is 5.93. The van der Waals surface area contributed by atoms with Crippen LogP contribution in [0.3, 0.4) is 0 Å². The molecular formula is C19H19NO4. The molecular weight excluding hydrogens is 306 g/mol. The van der Waals surface area contributed by atoms with Gasteiger partial charge in [0.25, 0.3) is 0 Å². The number of aliphatic hydroxyl groups is 2. The molecule has 3 N–H and O–H groups in total. The smallest absolute Gasteiger partial charge is 0.196 e. The highest BCUT2D eigenvalue weighted by atomic mass is 16.3. The van der Waals surface area contributed by atoms with E-state index in [-0.39, 0.29) is 24.7 Å². The fraction of sp³-hybridized carbons (Fsp3) is 0.263. The monoisotopic (exact) mass is 325 g/mol. The molecule has 0 saturated heterocycles. The van der Waals surface area contributed by atoms with Crippen molar-refractivity contribution in [1.82, 2.24) is 0 Å². The first-order valence-corrected chi connectivity index (χ1v) is 7.91. The summed E-state index contributed by atoms with van der Waals surface area (Å²) in [5, 5.41) is 21.8. The van der Waals surface area contributed by atoms with Crippen LogP contribution in [0.15, 0.2) is 36.4 Å². The van der Waals surface area contributed by atoms with E-state index in [2.05, 4.69) is 5.32 Å². The van der Waals surface area contributed by atoms with Crippen LogP contribution in [0.4, 0.5) is 5.69 Å². The van der Waals surface area contributed by atoms with Crippen molar-refractivity contribution in [1.29, 1.82) is 0 Å². The molecule has 1 aliphatic carbocycles. The topological polar surface area (TPSA) is 86.6 Å². The zero-order valence-corrected chi connectivity index (χ0v) is 13.4. The molecule has 24 heavy (non-hydrogen) atoms. The van der Waals surface area contributed by atoms with Gasteiger partial charge in [-0.25, -0.2) is 0 Å². The molecule has 2 aromatic rings. The third kappa shape index (κ3) is 2.72. The van der Waals surface area contributed by atoms with E-state index < -0.39 is 6.10 Å². The average molecular weight is 325 g/mol. The number of carbonyl (C=O) groups is 2. The first-order chi connectivity index (χ1) is 11.5. The number of hydrogen-bond acceptors (Lipinski definition) is 5. The Morgan fingerprint density at radius 1 is 1.00 bits per heavy atom. The second kappa shape index (κ2) is 6.55. The summed E-state index contributed by atoms with van der Waals surface area (Å²) >= 11 is 0. The molecule has 0 fully saturated rings. The molecule has 124 valence electrons. The van der Waals surface area contributed by atoms with Gasteiger partial charge in [0, 0.05) is 28.9 Å². The zero-order chi connectivity index (χ0) is 17.3. The van der Waals surface area contributed by atoms with Gasteiger partial charge in [0.05, 0.1) is 18.3 Å². The minimum atomic E-state index is -0.620. The van der Waals surface area contributed by atoms with Gasteiger partial charge in [-0.1, -0.05) is 30.3 Å². The number of ketones is 2. The maximum Gasteiger partial charge on any atom is 0.196 e. The number of fused-ring (bicyclic) bond motifs is 2. The van der Waals surface area contributed by atoms with Crippen LogP contribution in [0.2, 0.25) is 0 Å². The van der Waals surface area contributed by atoms with Gasteiger partial charge in [-0.3, -0.25) is 9.59 Å². The van der Waals surface area contributed by atoms with Crippen LogP contribution in [0.25, 0.3) is 0 Å². The van der Waals surface area contributed by atoms with E-state index >= 15 is 0 Å². The number of benzene rings is 2. The highest BCUT2D eigenvalue weighted by molar-refractivity contribution is 6.30. The Balaban J connectivity index is 2.22. The summed E-state index contributed by atoms with van der Waals surface area (Å²) in [4.78, 5) is 25.9. The average Bonchev–Trinajstić information content (AvgIpc) is 2.57. The number of nitrogens with one attached hydrogen (secondary N) is 1. The number of aliphatic hydroxyl groups excluding tert-OH is 2. The number of hydrogen-bond donors (Lipinski definition) is 3. The van der Waals surface area contributed by atoms with Gasteiger partial charge in [0.2, 0.25) is 0 Å². The third-order valence-corrected chi connectivity index (χ3v) is 4.10. The van der Waals surface area contributed by atoms with Crippen molar-refractivity contribution < 1.29 is 19.8 Å². The van der Waals surface area contributed by atoms with Crippen LogP contribution >= 0.6 is 0 Å². The van der Waals surface area contributed by atoms with Gasteiger partial charge in [-0.2, -0.15) is 0 Å². The van der Waals surface area contributed by atoms with E-state index in [0.29, 0.717) is 39.9 Å². The van der Waals surface area contributed by atoms with E-state index in [9.17, 15) is 14.7 Å². The number of carbonyl (C=O) groups excluding carboxylic acids is 2. The largest absolute Gasteiger partial charge is 0.395 e. The van der Waals surface area contributed by atoms with Crippen LogP contribution in [0.5, 0.6) is 0 Å². The van der Waals surface area contributed by atoms with Crippen LogP contribution in [-0.2, 0) is 6.42 Å². The molecule has 5 heteroatoms. The standard InChI is InChI=1S/C19H19NO4/c1-11(22)10-12-6-7-15(20-8-9-21)17-16(12)18(23)13-4-2-3-5-14(13)19(17)24/h2-7,11,20-22H,8-10H2,1H3. The van der Waals surface area contributed by atoms with Crippen molar-refractivity contribution in [3.05, 3.63) is 64.2 Å². The Labute approximate surface area is 139 Å². The van der Waals surface area contributed by atoms with Crippen molar-refractivity contribution in [2.24, 2.45) is 0 Å². The predicted molar refractivity (Wildman–Crippen MR) is 90.7 cm³/mol. The normalized spacial score (nSPS) is 14.1. The summed E-state index contributed by atoms with van der Waals surface area (Å²) < 4.78 is 0. The fourth-order valence-corrected chi connectivity index (χ4v) is 3.12. The summed E-state index contributed by atoms with van der Waals surface area (Å²) in [6, 6.07) is 10.2. The minimum absolute atomic E-state index is 0.0804. The Hall–Kier alpha value is -2.50. The lowest BCUT2D eigenvalue weighted by Crippen LogP contribution is -2.25. The van der Waals surface area contributed by atoms with Gasteiger partial charge < -0.3 is 15.5 Å². The molecule has 0 saturated carbocycles. The lowest BCUT2D eigenvalue weighted by Gasteiger charge is -2.23. The van der Waals surface area contributed by atoms with Gasteiger partial charge in [0.15, 0.2) is 11.6 Å². The molecule has 2 aromatic carbocycles. The van der Waals surface area contributed by atoms with Crippen LogP contribution in [-0.4, -0.2) is 41.0 Å². The maximum absolute atomic E-state index is 13.0. The van der Waals surface area contributed by atoms with Crippen molar-refractivity contribution in [3.8, 4) is 0 Å². The maximum atomic E-state index is 13.0.